The molecule has 2 aromatic rings. The van der Waals surface area contributed by atoms with Crippen molar-refractivity contribution in [1.29, 1.82) is 0 Å². The molecule has 0 bridgehead atoms. The second-order valence-corrected chi connectivity index (χ2v) is 5.25. The molecule has 0 saturated carbocycles. The first kappa shape index (κ1) is 21.7. The lowest BCUT2D eigenvalue weighted by Crippen LogP contribution is -2.35. The topological polar surface area (TPSA) is 77.4 Å². The Labute approximate surface area is 156 Å². The predicted molar refractivity (Wildman–Crippen MR) is 93.7 cm³/mol. The van der Waals surface area contributed by atoms with Gasteiger partial charge < -0.3 is 20.1 Å². The lowest BCUT2D eigenvalue weighted by Gasteiger charge is -2.15. The van der Waals surface area contributed by atoms with Gasteiger partial charge >= 0.3 is 6.61 Å². The van der Waals surface area contributed by atoms with Gasteiger partial charge in [0.2, 0.25) is 5.91 Å². The lowest BCUT2D eigenvalue weighted by molar-refractivity contribution is -0.123. The molecular weight excluding hydrogens is 370 g/mol. The molecule has 0 aliphatic carbocycles. The first-order valence-corrected chi connectivity index (χ1v) is 7.49. The van der Waals surface area contributed by atoms with E-state index in [0.29, 0.717) is 5.56 Å². The van der Waals surface area contributed by atoms with E-state index < -0.39 is 12.7 Å². The first-order chi connectivity index (χ1) is 11.9. The van der Waals surface area contributed by atoms with Gasteiger partial charge in [0.15, 0.2) is 11.5 Å². The third-order valence-electron chi connectivity index (χ3n) is 3.52. The Hall–Kier alpha value is -2.39. The minimum atomic E-state index is -2.96. The number of ether oxygens (including phenoxy) is 2. The van der Waals surface area contributed by atoms with Crippen molar-refractivity contribution in [2.24, 2.45) is 7.05 Å². The van der Waals surface area contributed by atoms with Gasteiger partial charge in [0, 0.05) is 25.4 Å². The number of nitrogens with one attached hydrogen (secondary N) is 2. The van der Waals surface area contributed by atoms with Crippen LogP contribution in [0, 0.1) is 0 Å². The standard InChI is InChI=1S/C16H20F2N4O3.ClH/c1-19-14(11-8-21-22(2)9-11)15(23)20-7-10-4-5-12(24-3)13(6-10)25-16(17)18;/h4-6,8-9,14,16,19H,7H2,1-3H3,(H,20,23);1H. The summed E-state index contributed by atoms with van der Waals surface area (Å²) in [6.07, 6.45) is 3.34. The van der Waals surface area contributed by atoms with Crippen LogP contribution in [0.5, 0.6) is 11.5 Å². The Kier molecular flexibility index (Phi) is 8.27. The monoisotopic (exact) mass is 390 g/mol. The van der Waals surface area contributed by atoms with Gasteiger partial charge in [0.1, 0.15) is 6.04 Å². The number of alkyl halides is 2. The Morgan fingerprint density at radius 2 is 2.08 bits per heavy atom. The van der Waals surface area contributed by atoms with Crippen molar-refractivity contribution in [2.75, 3.05) is 14.2 Å². The molecule has 0 fully saturated rings. The molecule has 1 amide bonds. The van der Waals surface area contributed by atoms with E-state index in [0.717, 1.165) is 5.56 Å². The van der Waals surface area contributed by atoms with Gasteiger partial charge in [-0.15, -0.1) is 12.4 Å². The van der Waals surface area contributed by atoms with Crippen molar-refractivity contribution in [1.82, 2.24) is 20.4 Å². The smallest absolute Gasteiger partial charge is 0.387 e. The number of carbonyl (C=O) groups is 1. The summed E-state index contributed by atoms with van der Waals surface area (Å²) in [5.41, 5.74) is 1.32. The molecule has 0 aliphatic rings. The number of benzene rings is 1. The van der Waals surface area contributed by atoms with Crippen LogP contribution in [0.4, 0.5) is 8.78 Å². The van der Waals surface area contributed by atoms with E-state index in [2.05, 4.69) is 20.5 Å². The number of hydrogen-bond donors (Lipinski definition) is 2. The number of halogens is 3. The molecule has 1 aromatic carbocycles. The molecule has 7 nitrogen and oxygen atoms in total. The minimum absolute atomic E-state index is 0. The fraction of sp³-hybridized carbons (Fsp3) is 0.375. The van der Waals surface area contributed by atoms with Crippen molar-refractivity contribution in [2.45, 2.75) is 19.2 Å². The Morgan fingerprint density at radius 1 is 1.35 bits per heavy atom. The van der Waals surface area contributed by atoms with Gasteiger partial charge in [0.25, 0.3) is 0 Å². The number of hydrogen-bond acceptors (Lipinski definition) is 5. The summed E-state index contributed by atoms with van der Waals surface area (Å²) in [5.74, 6) is -0.150. The average molecular weight is 391 g/mol. The zero-order valence-corrected chi connectivity index (χ0v) is 15.3. The second-order valence-electron chi connectivity index (χ2n) is 5.25. The summed E-state index contributed by atoms with van der Waals surface area (Å²) in [6, 6.07) is 4.01. The van der Waals surface area contributed by atoms with Gasteiger partial charge in [-0.2, -0.15) is 13.9 Å². The summed E-state index contributed by atoms with van der Waals surface area (Å²) in [7, 11) is 4.79. The Balaban J connectivity index is 0.00000338. The number of amides is 1. The zero-order chi connectivity index (χ0) is 18.4. The molecule has 0 radical (unpaired) electrons. The van der Waals surface area contributed by atoms with Gasteiger partial charge in [-0.05, 0) is 24.7 Å². The molecule has 0 spiro atoms. The van der Waals surface area contributed by atoms with Crippen LogP contribution in [-0.4, -0.2) is 36.5 Å². The number of likely N-dealkylation sites (N-methyl/N-ethyl adjacent to an activating group) is 1. The number of aromatic nitrogens is 2. The maximum absolute atomic E-state index is 12.5. The van der Waals surface area contributed by atoms with Crippen molar-refractivity contribution in [3.8, 4) is 11.5 Å². The molecule has 2 rings (SSSR count). The van der Waals surface area contributed by atoms with Crippen molar-refractivity contribution in [3.05, 3.63) is 41.7 Å². The number of rotatable bonds is 8. The summed E-state index contributed by atoms with van der Waals surface area (Å²) < 4.78 is 35.9. The number of methoxy groups -OCH3 is 1. The summed E-state index contributed by atoms with van der Waals surface area (Å²) in [5, 5.41) is 9.71. The minimum Gasteiger partial charge on any atom is -0.493 e. The Morgan fingerprint density at radius 3 is 2.62 bits per heavy atom. The van der Waals surface area contributed by atoms with Crippen molar-refractivity contribution >= 4 is 18.3 Å². The third kappa shape index (κ3) is 5.57. The molecule has 1 heterocycles. The second kappa shape index (κ2) is 9.93. The van der Waals surface area contributed by atoms with E-state index in [1.165, 1.54) is 19.2 Å². The van der Waals surface area contributed by atoms with E-state index in [-0.39, 0.29) is 36.4 Å². The highest BCUT2D eigenvalue weighted by atomic mass is 35.5. The van der Waals surface area contributed by atoms with Crippen LogP contribution in [0.15, 0.2) is 30.6 Å². The maximum atomic E-state index is 12.5. The highest BCUT2D eigenvalue weighted by molar-refractivity contribution is 5.85. The summed E-state index contributed by atoms with van der Waals surface area (Å²) in [4.78, 5) is 12.4. The predicted octanol–water partition coefficient (Wildman–Crippen LogP) is 2.03. The lowest BCUT2D eigenvalue weighted by atomic mass is 10.1. The SMILES string of the molecule is CNC(C(=O)NCc1ccc(OC)c(OC(F)F)c1)c1cnn(C)c1.Cl. The number of aryl methyl sites for hydroxylation is 1. The van der Waals surface area contributed by atoms with Crippen LogP contribution >= 0.6 is 12.4 Å². The molecule has 10 heteroatoms. The molecule has 26 heavy (non-hydrogen) atoms. The van der Waals surface area contributed by atoms with E-state index >= 15 is 0 Å². The van der Waals surface area contributed by atoms with Gasteiger partial charge in [-0.3, -0.25) is 9.48 Å². The molecule has 144 valence electrons. The van der Waals surface area contributed by atoms with Crippen LogP contribution in [-0.2, 0) is 18.4 Å². The van der Waals surface area contributed by atoms with Crippen LogP contribution in [0.25, 0.3) is 0 Å². The first-order valence-electron chi connectivity index (χ1n) is 7.49. The molecule has 1 unspecified atom stereocenters. The van der Waals surface area contributed by atoms with Crippen LogP contribution in [0.3, 0.4) is 0 Å². The van der Waals surface area contributed by atoms with Crippen LogP contribution in [0.1, 0.15) is 17.2 Å². The van der Waals surface area contributed by atoms with Crippen molar-refractivity contribution in [3.63, 3.8) is 0 Å². The average Bonchev–Trinajstić information content (AvgIpc) is 2.99. The van der Waals surface area contributed by atoms with Crippen LogP contribution < -0.4 is 20.1 Å². The van der Waals surface area contributed by atoms with E-state index in [1.54, 1.807) is 37.2 Å². The largest absolute Gasteiger partial charge is 0.493 e. The normalized spacial score (nSPS) is 11.6. The van der Waals surface area contributed by atoms with Crippen molar-refractivity contribution < 1.29 is 23.0 Å². The summed E-state index contributed by atoms with van der Waals surface area (Å²) in [6.45, 7) is -2.81. The summed E-state index contributed by atoms with van der Waals surface area (Å²) >= 11 is 0. The maximum Gasteiger partial charge on any atom is 0.387 e. The van der Waals surface area contributed by atoms with Gasteiger partial charge in [0.05, 0.1) is 13.3 Å². The fourth-order valence-corrected chi connectivity index (χ4v) is 2.35. The fourth-order valence-electron chi connectivity index (χ4n) is 2.35. The Bertz CT molecular complexity index is 727. The van der Waals surface area contributed by atoms with Gasteiger partial charge in [-0.25, -0.2) is 0 Å². The molecule has 0 saturated heterocycles. The molecule has 1 atom stereocenters. The highest BCUT2D eigenvalue weighted by Crippen LogP contribution is 2.29. The molecule has 2 N–H and O–H groups in total. The number of nitrogens with zero attached hydrogens (tertiary/aromatic N) is 2. The number of carbonyl (C=O) groups excluding carboxylic acids is 1. The zero-order valence-electron chi connectivity index (χ0n) is 14.5. The van der Waals surface area contributed by atoms with Gasteiger partial charge in [-0.1, -0.05) is 6.07 Å². The molecular formula is C16H21ClF2N4O3. The van der Waals surface area contributed by atoms with E-state index in [4.69, 9.17) is 4.74 Å². The third-order valence-corrected chi connectivity index (χ3v) is 3.52. The van der Waals surface area contributed by atoms with Crippen LogP contribution in [0.2, 0.25) is 0 Å². The van der Waals surface area contributed by atoms with E-state index in [9.17, 15) is 13.6 Å². The molecule has 0 aliphatic heterocycles. The highest BCUT2D eigenvalue weighted by Gasteiger charge is 2.20. The molecule has 1 aromatic heterocycles. The quantitative estimate of drug-likeness (QED) is 0.721. The van der Waals surface area contributed by atoms with E-state index in [1.807, 2.05) is 0 Å².